The van der Waals surface area contributed by atoms with Crippen LogP contribution in [-0.2, 0) is 6.42 Å². The summed E-state index contributed by atoms with van der Waals surface area (Å²) in [5.74, 6) is 0. The third-order valence-electron chi connectivity index (χ3n) is 5.56. The van der Waals surface area contributed by atoms with Gasteiger partial charge in [0.05, 0.1) is 0 Å². The molecular formula is C22H34N2. The Kier molecular flexibility index (Phi) is 6.77. The number of benzene rings is 1. The van der Waals surface area contributed by atoms with E-state index in [4.69, 9.17) is 0 Å². The Hall–Kier alpha value is -1.28. The molecule has 0 radical (unpaired) electrons. The summed E-state index contributed by atoms with van der Waals surface area (Å²) in [5, 5.41) is 5.17. The highest BCUT2D eigenvalue weighted by Crippen LogP contribution is 2.32. The van der Waals surface area contributed by atoms with Gasteiger partial charge in [0, 0.05) is 22.6 Å². The van der Waals surface area contributed by atoms with Crippen molar-refractivity contribution in [3.8, 4) is 0 Å². The molecule has 132 valence electrons. The molecule has 2 aromatic rings. The van der Waals surface area contributed by atoms with E-state index < -0.39 is 0 Å². The van der Waals surface area contributed by atoms with Gasteiger partial charge in [-0.15, -0.1) is 0 Å². The second-order valence-electron chi connectivity index (χ2n) is 7.44. The van der Waals surface area contributed by atoms with Crippen LogP contribution in [0, 0.1) is 0 Å². The number of aromatic amines is 1. The number of hydrogen-bond donors (Lipinski definition) is 2. The molecule has 0 spiro atoms. The summed E-state index contributed by atoms with van der Waals surface area (Å²) in [6.07, 6.45) is 15.1. The summed E-state index contributed by atoms with van der Waals surface area (Å²) in [6.45, 7) is 3.41. The van der Waals surface area contributed by atoms with Crippen molar-refractivity contribution in [1.82, 2.24) is 10.3 Å². The molecule has 2 heteroatoms. The molecule has 2 N–H and O–H groups in total. The van der Waals surface area contributed by atoms with Gasteiger partial charge >= 0.3 is 0 Å². The monoisotopic (exact) mass is 326 g/mol. The van der Waals surface area contributed by atoms with E-state index in [1.807, 2.05) is 0 Å². The zero-order valence-corrected chi connectivity index (χ0v) is 15.4. The highest BCUT2D eigenvalue weighted by molar-refractivity contribution is 5.85. The smallest absolute Gasteiger partial charge is 0.0476 e. The molecule has 1 aromatic heterocycles. The lowest BCUT2D eigenvalue weighted by atomic mass is 9.95. The summed E-state index contributed by atoms with van der Waals surface area (Å²) >= 11 is 0. The average Bonchev–Trinajstić information content (AvgIpc) is 3.00. The van der Waals surface area contributed by atoms with E-state index in [1.54, 1.807) is 5.56 Å². The van der Waals surface area contributed by atoms with E-state index in [1.165, 1.54) is 80.8 Å². The largest absolute Gasteiger partial charge is 0.357 e. The molecule has 24 heavy (non-hydrogen) atoms. The molecule has 0 fully saturated rings. The molecule has 0 amide bonds. The molecule has 3 rings (SSSR count). The fourth-order valence-electron chi connectivity index (χ4n) is 4.17. The molecule has 0 saturated carbocycles. The van der Waals surface area contributed by atoms with E-state index in [0.29, 0.717) is 6.04 Å². The van der Waals surface area contributed by atoms with Crippen molar-refractivity contribution in [2.75, 3.05) is 6.54 Å². The van der Waals surface area contributed by atoms with Gasteiger partial charge in [0.25, 0.3) is 0 Å². The van der Waals surface area contributed by atoms with Crippen LogP contribution in [0.2, 0.25) is 0 Å². The number of hydrogen-bond acceptors (Lipinski definition) is 1. The lowest BCUT2D eigenvalue weighted by Gasteiger charge is -2.24. The van der Waals surface area contributed by atoms with E-state index in [-0.39, 0.29) is 0 Å². The second-order valence-corrected chi connectivity index (χ2v) is 7.44. The molecule has 2 heterocycles. The van der Waals surface area contributed by atoms with Crippen LogP contribution in [0.4, 0.5) is 0 Å². The first-order chi connectivity index (χ1) is 11.9. The van der Waals surface area contributed by atoms with Crippen molar-refractivity contribution < 1.29 is 0 Å². The quantitative estimate of drug-likeness (QED) is 0.494. The molecule has 0 bridgehead atoms. The number of nitrogens with one attached hydrogen (secondary N) is 2. The lowest BCUT2D eigenvalue weighted by molar-refractivity contribution is 0.441. The van der Waals surface area contributed by atoms with Crippen LogP contribution in [0.25, 0.3) is 10.9 Å². The molecule has 0 unspecified atom stereocenters. The number of fused-ring (bicyclic) bond motifs is 3. The van der Waals surface area contributed by atoms with Gasteiger partial charge in [-0.25, -0.2) is 0 Å². The maximum Gasteiger partial charge on any atom is 0.0476 e. The van der Waals surface area contributed by atoms with Gasteiger partial charge in [0.2, 0.25) is 0 Å². The SMILES string of the molecule is CCCCCCCCCCC[C@H]1NCCc2c1[nH]c1ccccc21. The van der Waals surface area contributed by atoms with Crippen molar-refractivity contribution >= 4 is 10.9 Å². The van der Waals surface area contributed by atoms with Gasteiger partial charge < -0.3 is 10.3 Å². The summed E-state index contributed by atoms with van der Waals surface area (Å²) in [5.41, 5.74) is 4.33. The summed E-state index contributed by atoms with van der Waals surface area (Å²) < 4.78 is 0. The highest BCUT2D eigenvalue weighted by atomic mass is 15.0. The Morgan fingerprint density at radius 2 is 1.62 bits per heavy atom. The predicted octanol–water partition coefficient (Wildman–Crippen LogP) is 6.28. The fourth-order valence-corrected chi connectivity index (χ4v) is 4.17. The molecule has 1 aliphatic rings. The Bertz CT molecular complexity index is 613. The second kappa shape index (κ2) is 9.27. The standard InChI is InChI=1S/C22H34N2/c1-2-3-4-5-6-7-8-9-10-15-21-22-19(16-17-23-21)18-13-11-12-14-20(18)24-22/h11-14,21,23-24H,2-10,15-17H2,1H3/t21-/m1/s1. The van der Waals surface area contributed by atoms with Crippen LogP contribution >= 0.6 is 0 Å². The Labute approximate surface area is 147 Å². The van der Waals surface area contributed by atoms with Crippen LogP contribution in [0.1, 0.15) is 88.4 Å². The highest BCUT2D eigenvalue weighted by Gasteiger charge is 2.22. The fraction of sp³-hybridized carbons (Fsp3) is 0.636. The average molecular weight is 327 g/mol. The first-order valence-electron chi connectivity index (χ1n) is 10.2. The molecule has 1 aliphatic heterocycles. The van der Waals surface area contributed by atoms with Crippen molar-refractivity contribution in [2.45, 2.75) is 83.6 Å². The summed E-state index contributed by atoms with van der Waals surface area (Å²) in [7, 11) is 0. The van der Waals surface area contributed by atoms with Gasteiger partial charge in [-0.05, 0) is 31.0 Å². The number of H-pyrrole nitrogens is 1. The van der Waals surface area contributed by atoms with Gasteiger partial charge in [-0.2, -0.15) is 0 Å². The number of rotatable bonds is 10. The van der Waals surface area contributed by atoms with Crippen LogP contribution in [-0.4, -0.2) is 11.5 Å². The van der Waals surface area contributed by atoms with Crippen molar-refractivity contribution in [3.63, 3.8) is 0 Å². The lowest BCUT2D eigenvalue weighted by Crippen LogP contribution is -2.29. The third kappa shape index (κ3) is 4.42. The minimum atomic E-state index is 0.533. The zero-order valence-electron chi connectivity index (χ0n) is 15.4. The molecule has 0 saturated heterocycles. The number of aromatic nitrogens is 1. The van der Waals surface area contributed by atoms with Crippen molar-refractivity contribution in [1.29, 1.82) is 0 Å². The van der Waals surface area contributed by atoms with Gasteiger partial charge in [-0.1, -0.05) is 82.9 Å². The molecule has 2 nitrogen and oxygen atoms in total. The zero-order chi connectivity index (χ0) is 16.6. The maximum absolute atomic E-state index is 3.73. The predicted molar refractivity (Wildman–Crippen MR) is 105 cm³/mol. The number of para-hydroxylation sites is 1. The first-order valence-corrected chi connectivity index (χ1v) is 10.2. The van der Waals surface area contributed by atoms with Crippen LogP contribution in [0.3, 0.4) is 0 Å². The maximum atomic E-state index is 3.73. The van der Waals surface area contributed by atoms with Gasteiger partial charge in [-0.3, -0.25) is 0 Å². The summed E-state index contributed by atoms with van der Waals surface area (Å²) in [6, 6.07) is 9.31. The van der Waals surface area contributed by atoms with Gasteiger partial charge in [0.15, 0.2) is 0 Å². The normalized spacial score (nSPS) is 17.3. The minimum Gasteiger partial charge on any atom is -0.357 e. The van der Waals surface area contributed by atoms with Crippen LogP contribution < -0.4 is 5.32 Å². The van der Waals surface area contributed by atoms with Gasteiger partial charge in [0.1, 0.15) is 0 Å². The van der Waals surface area contributed by atoms with Crippen LogP contribution in [0.15, 0.2) is 24.3 Å². The molecule has 1 atom stereocenters. The number of unbranched alkanes of at least 4 members (excludes halogenated alkanes) is 8. The van der Waals surface area contributed by atoms with Crippen LogP contribution in [0.5, 0.6) is 0 Å². The first kappa shape index (κ1) is 17.5. The molecular weight excluding hydrogens is 292 g/mol. The minimum absolute atomic E-state index is 0.533. The molecule has 1 aromatic carbocycles. The van der Waals surface area contributed by atoms with E-state index in [0.717, 1.165) is 13.0 Å². The topological polar surface area (TPSA) is 27.8 Å². The summed E-state index contributed by atoms with van der Waals surface area (Å²) in [4.78, 5) is 3.68. The Morgan fingerprint density at radius 1 is 0.917 bits per heavy atom. The van der Waals surface area contributed by atoms with Crippen molar-refractivity contribution in [3.05, 3.63) is 35.5 Å². The Balaban J connectivity index is 1.41. The van der Waals surface area contributed by atoms with Crippen molar-refractivity contribution in [2.24, 2.45) is 0 Å². The van der Waals surface area contributed by atoms with E-state index >= 15 is 0 Å². The van der Waals surface area contributed by atoms with E-state index in [2.05, 4.69) is 41.5 Å². The molecule has 0 aliphatic carbocycles. The van der Waals surface area contributed by atoms with E-state index in [9.17, 15) is 0 Å². The Morgan fingerprint density at radius 3 is 2.42 bits per heavy atom. The third-order valence-corrected chi connectivity index (χ3v) is 5.56.